The minimum Gasteiger partial charge on any atom is -0.652 e. The molecule has 2 aliphatic rings. The molecule has 1 amide bonds. The van der Waals surface area contributed by atoms with Crippen LogP contribution in [0.3, 0.4) is 0 Å². The van der Waals surface area contributed by atoms with Crippen LogP contribution in [0.2, 0.25) is 0 Å². The van der Waals surface area contributed by atoms with Gasteiger partial charge in [-0.3, -0.25) is 4.79 Å². The molecule has 0 saturated carbocycles. The zero-order chi connectivity index (χ0) is 23.6. The number of aromatic nitrogens is 4. The average Bonchev–Trinajstić information content (AvgIpc) is 3.13. The molecule has 12 nitrogen and oxygen atoms in total. The first-order chi connectivity index (χ1) is 15.7. The molecule has 0 unspecified atom stereocenters. The van der Waals surface area contributed by atoms with Gasteiger partial charge in [-0.05, 0) is 13.1 Å². The van der Waals surface area contributed by atoms with Crippen LogP contribution in [0.4, 0.5) is 20.7 Å². The summed E-state index contributed by atoms with van der Waals surface area (Å²) in [6, 6.07) is 1.24. The Labute approximate surface area is 317 Å². The third-order valence-electron chi connectivity index (χ3n) is 5.17. The fourth-order valence-electron chi connectivity index (χ4n) is 3.77. The first-order valence-corrected chi connectivity index (χ1v) is 10.0. The molecule has 3 aromatic heterocycles. The van der Waals surface area contributed by atoms with Crippen LogP contribution in [0, 0.1) is 12.7 Å². The van der Waals surface area contributed by atoms with Crippen LogP contribution in [0.15, 0.2) is 30.9 Å². The molecule has 2 fully saturated rings. The zero-order valence-electron chi connectivity index (χ0n) is 19.6. The van der Waals surface area contributed by atoms with Crippen LogP contribution < -0.4 is 164 Å². The minimum absolute atomic E-state index is 0. The predicted molar refractivity (Wildman–Crippen MR) is 109 cm³/mol. The Balaban J connectivity index is 0.000000672. The van der Waals surface area contributed by atoms with E-state index >= 15 is 0 Å². The maximum atomic E-state index is 14.2. The van der Waals surface area contributed by atoms with Gasteiger partial charge in [-0.15, -0.1) is 0 Å². The molecule has 35 heavy (non-hydrogen) atoms. The predicted octanol–water partition coefficient (Wildman–Crippen LogP) is -7.44. The van der Waals surface area contributed by atoms with Crippen LogP contribution in [0.25, 0.3) is 5.65 Å². The fourth-order valence-corrected chi connectivity index (χ4v) is 3.77. The molecule has 15 heteroatoms. The third-order valence-corrected chi connectivity index (χ3v) is 5.17. The van der Waals surface area contributed by atoms with Crippen LogP contribution in [-0.2, 0) is 4.74 Å². The van der Waals surface area contributed by atoms with Gasteiger partial charge in [0.1, 0.15) is 17.1 Å². The van der Waals surface area contributed by atoms with Gasteiger partial charge in [0.2, 0.25) is 0 Å². The van der Waals surface area contributed by atoms with Gasteiger partial charge in [-0.25, -0.2) is 19.3 Å². The molecule has 0 aliphatic carbocycles. The van der Waals surface area contributed by atoms with Gasteiger partial charge in [0.05, 0.1) is 43.5 Å². The number of ether oxygens (including phenoxy) is 1. The number of nitrogens with one attached hydrogen (secondary N) is 2. The van der Waals surface area contributed by atoms with Crippen LogP contribution in [0.5, 0.6) is 0 Å². The number of hydrogen-bond donors (Lipinski definition) is 2. The van der Waals surface area contributed by atoms with E-state index in [9.17, 15) is 9.18 Å². The van der Waals surface area contributed by atoms with E-state index < -0.39 is 17.9 Å². The molecule has 5 heterocycles. The fraction of sp³-hybridized carbons (Fsp3) is 0.350. The van der Waals surface area contributed by atoms with E-state index in [1.54, 1.807) is 25.5 Å². The number of pyridine rings is 1. The Morgan fingerprint density at radius 2 is 1.91 bits per heavy atom. The number of carbonyl (C=O) groups excluding carboxylic acids is 2. The van der Waals surface area contributed by atoms with Crippen LogP contribution in [-0.4, -0.2) is 69.8 Å². The Morgan fingerprint density at radius 1 is 1.20 bits per heavy atom. The summed E-state index contributed by atoms with van der Waals surface area (Å²) in [5.41, 5.74) is 1.23. The maximum Gasteiger partial charge on any atom is 1.00 e. The molecular formula is C20H20Cs2FN7O5. The SMILES string of the molecule is Cc1cn2cc(NC(=O)c3cnc(N4CC5(CNCCO5)C4)cn3)cc(F)c2n1.O=C([O-])[O-].[Cs+].[Cs+]. The van der Waals surface area contributed by atoms with Gasteiger partial charge in [-0.2, -0.15) is 0 Å². The van der Waals surface area contributed by atoms with Gasteiger partial charge in [0.25, 0.3) is 5.91 Å². The van der Waals surface area contributed by atoms with Crippen molar-refractivity contribution in [1.29, 1.82) is 0 Å². The summed E-state index contributed by atoms with van der Waals surface area (Å²) >= 11 is 0. The smallest absolute Gasteiger partial charge is 0.652 e. The van der Waals surface area contributed by atoms with Crippen molar-refractivity contribution < 1.29 is 167 Å². The van der Waals surface area contributed by atoms with Gasteiger partial charge < -0.3 is 39.7 Å². The number of aryl methyl sites for hydroxylation is 1. The van der Waals surface area contributed by atoms with Crippen LogP contribution in [0.1, 0.15) is 16.2 Å². The number of carboxylic acid groups (broad SMARTS) is 2. The Bertz CT molecular complexity index is 1180. The van der Waals surface area contributed by atoms with Crippen LogP contribution >= 0.6 is 0 Å². The molecule has 2 saturated heterocycles. The number of hydrogen-bond acceptors (Lipinski definition) is 10. The molecule has 0 radical (unpaired) electrons. The summed E-state index contributed by atoms with van der Waals surface area (Å²) in [7, 11) is 0. The second-order valence-corrected chi connectivity index (χ2v) is 7.72. The Kier molecular flexibility index (Phi) is 12.5. The van der Waals surface area contributed by atoms with E-state index in [0.29, 0.717) is 23.8 Å². The number of amides is 1. The minimum atomic E-state index is -2.33. The molecule has 0 bridgehead atoms. The number of rotatable bonds is 3. The summed E-state index contributed by atoms with van der Waals surface area (Å²) in [6.45, 7) is 5.67. The topological polar surface area (TPSA) is 160 Å². The molecular weight excluding hydrogens is 703 g/mol. The molecule has 1 spiro atoms. The third kappa shape index (κ3) is 8.12. The Hall–Kier alpha value is 0.264. The summed E-state index contributed by atoms with van der Waals surface area (Å²) in [4.78, 5) is 35.5. The van der Waals surface area contributed by atoms with E-state index in [1.807, 2.05) is 0 Å². The largest absolute Gasteiger partial charge is 1.00 e. The number of fused-ring (bicyclic) bond motifs is 1. The summed E-state index contributed by atoms with van der Waals surface area (Å²) in [5, 5.41) is 22.7. The number of anilines is 2. The summed E-state index contributed by atoms with van der Waals surface area (Å²) in [5.74, 6) is -0.272. The van der Waals surface area contributed by atoms with E-state index in [0.717, 1.165) is 26.2 Å². The van der Waals surface area contributed by atoms with Gasteiger partial charge >= 0.3 is 138 Å². The second kappa shape index (κ2) is 13.9. The normalized spacial score (nSPS) is 15.7. The Morgan fingerprint density at radius 3 is 2.51 bits per heavy atom. The quantitative estimate of drug-likeness (QED) is 0.266. The zero-order valence-corrected chi connectivity index (χ0v) is 32.1. The number of nitrogens with zero attached hydrogens (tertiary/aromatic N) is 5. The van der Waals surface area contributed by atoms with Crippen molar-refractivity contribution in [2.24, 2.45) is 0 Å². The van der Waals surface area contributed by atoms with Crippen molar-refractivity contribution in [3.05, 3.63) is 48.1 Å². The van der Waals surface area contributed by atoms with Crippen molar-refractivity contribution in [1.82, 2.24) is 24.7 Å². The number of imidazole rings is 1. The number of halogens is 1. The van der Waals surface area contributed by atoms with Gasteiger partial charge in [0, 0.05) is 31.5 Å². The molecule has 0 aromatic carbocycles. The average molecular weight is 723 g/mol. The monoisotopic (exact) mass is 723 g/mol. The molecule has 0 atom stereocenters. The molecule has 3 aromatic rings. The molecule has 2 N–H and O–H groups in total. The van der Waals surface area contributed by atoms with E-state index in [4.69, 9.17) is 19.7 Å². The standard InChI is InChI=1S/C19H20FN7O2.CH2O3.2Cs/c1-12-7-26-8-13(4-14(20)17(26)24-12)25-18(28)15-5-23-16(6-22-15)27-10-19(11-27)9-21-2-3-29-19;2-1(3)4;;/h4-8,21H,2-3,9-11H2,1H3,(H,25,28);(H2,2,3,4);;/q;;2*+1/p-2. The summed E-state index contributed by atoms with van der Waals surface area (Å²) < 4.78 is 21.6. The van der Waals surface area contributed by atoms with Crippen molar-refractivity contribution in [2.45, 2.75) is 12.5 Å². The van der Waals surface area contributed by atoms with Crippen molar-refractivity contribution in [3.8, 4) is 0 Å². The number of carbonyl (C=O) groups is 2. The summed E-state index contributed by atoms with van der Waals surface area (Å²) in [6.07, 6.45) is 3.96. The van der Waals surface area contributed by atoms with Gasteiger partial charge in [0.15, 0.2) is 11.5 Å². The number of morpholine rings is 1. The first-order valence-electron chi connectivity index (χ1n) is 10.0. The van der Waals surface area contributed by atoms with Crippen molar-refractivity contribution in [2.75, 3.05) is 43.0 Å². The second-order valence-electron chi connectivity index (χ2n) is 7.72. The van der Waals surface area contributed by atoms with Crippen molar-refractivity contribution >= 4 is 29.2 Å². The first kappa shape index (κ1) is 31.5. The molecule has 174 valence electrons. The van der Waals surface area contributed by atoms with E-state index in [1.165, 1.54) is 16.7 Å². The van der Waals surface area contributed by atoms with E-state index in [-0.39, 0.29) is 155 Å². The molecule has 5 rings (SSSR count). The maximum absolute atomic E-state index is 14.2. The van der Waals surface area contributed by atoms with Crippen molar-refractivity contribution in [3.63, 3.8) is 0 Å². The van der Waals surface area contributed by atoms with E-state index in [2.05, 4.69) is 30.5 Å². The van der Waals surface area contributed by atoms with Gasteiger partial charge in [-0.1, -0.05) is 0 Å². The molecule has 2 aliphatic heterocycles.